The summed E-state index contributed by atoms with van der Waals surface area (Å²) in [5.41, 5.74) is 0. The van der Waals surface area contributed by atoms with Gasteiger partial charge in [-0.15, -0.1) is 0 Å². The van der Waals surface area contributed by atoms with Gasteiger partial charge in [0.2, 0.25) is 10.0 Å². The Bertz CT molecular complexity index is 596. The summed E-state index contributed by atoms with van der Waals surface area (Å²) in [6, 6.07) is 5.35. The van der Waals surface area contributed by atoms with E-state index in [0.717, 1.165) is 4.47 Å². The van der Waals surface area contributed by atoms with E-state index in [1.807, 2.05) is 20.8 Å². The molecular weight excluding hydrogens is 356 g/mol. The second-order valence-corrected chi connectivity index (χ2v) is 8.14. The first-order valence-corrected chi connectivity index (χ1v) is 9.26. The molecule has 1 aliphatic rings. The maximum Gasteiger partial charge on any atom is 0.246 e. The van der Waals surface area contributed by atoms with E-state index in [4.69, 9.17) is 4.74 Å². The van der Waals surface area contributed by atoms with Gasteiger partial charge in [0.25, 0.3) is 0 Å². The third-order valence-electron chi connectivity index (χ3n) is 3.35. The summed E-state index contributed by atoms with van der Waals surface area (Å²) < 4.78 is 33.6. The summed E-state index contributed by atoms with van der Waals surface area (Å²) in [5, 5.41) is 3.34. The van der Waals surface area contributed by atoms with Crippen LogP contribution in [0.25, 0.3) is 0 Å². The van der Waals surface area contributed by atoms with E-state index >= 15 is 0 Å². The molecule has 1 aromatic carbocycles. The molecule has 1 fully saturated rings. The van der Waals surface area contributed by atoms with Crippen LogP contribution in [0, 0.1) is 0 Å². The van der Waals surface area contributed by atoms with Gasteiger partial charge in [0.15, 0.2) is 0 Å². The molecule has 1 aliphatic heterocycles. The monoisotopic (exact) mass is 376 g/mol. The van der Waals surface area contributed by atoms with E-state index in [0.29, 0.717) is 25.4 Å². The number of nitrogens with one attached hydrogen (secondary N) is 1. The number of halogens is 1. The summed E-state index contributed by atoms with van der Waals surface area (Å²) in [6.07, 6.45) is 0. The molecule has 2 unspecified atom stereocenters. The fourth-order valence-electron chi connectivity index (χ4n) is 2.57. The van der Waals surface area contributed by atoms with Crippen LogP contribution in [-0.4, -0.2) is 44.5 Å². The van der Waals surface area contributed by atoms with Gasteiger partial charge in [0, 0.05) is 29.6 Å². The number of hydrogen-bond donors (Lipinski definition) is 1. The van der Waals surface area contributed by atoms with E-state index in [-0.39, 0.29) is 17.0 Å². The molecule has 0 radical (unpaired) electrons. The number of ether oxygens (including phenoxy) is 1. The molecular formula is C14H21BrN2O3S. The number of rotatable bonds is 4. The van der Waals surface area contributed by atoms with Crippen molar-refractivity contribution in [1.82, 2.24) is 9.62 Å². The zero-order valence-corrected chi connectivity index (χ0v) is 14.9. The summed E-state index contributed by atoms with van der Waals surface area (Å²) >= 11 is 3.34. The summed E-state index contributed by atoms with van der Waals surface area (Å²) in [7, 11) is -3.56. The Kier molecular flexibility index (Phi) is 5.29. The second-order valence-electron chi connectivity index (χ2n) is 5.31. The molecule has 2 rings (SSSR count). The fraction of sp³-hybridized carbons (Fsp3) is 0.571. The SMILES string of the molecule is CCOc1ccc(Br)cc1S(=O)(=O)N1CC(C)NC(C)C1. The number of sulfonamides is 1. The van der Waals surface area contributed by atoms with E-state index < -0.39 is 10.0 Å². The van der Waals surface area contributed by atoms with E-state index in [2.05, 4.69) is 21.2 Å². The van der Waals surface area contributed by atoms with Gasteiger partial charge in [-0.3, -0.25) is 0 Å². The molecule has 1 heterocycles. The van der Waals surface area contributed by atoms with Crippen molar-refractivity contribution in [3.8, 4) is 5.75 Å². The Balaban J connectivity index is 2.41. The van der Waals surface area contributed by atoms with Crippen molar-refractivity contribution in [2.45, 2.75) is 37.8 Å². The molecule has 0 saturated carbocycles. The quantitative estimate of drug-likeness (QED) is 0.874. The molecule has 118 valence electrons. The van der Waals surface area contributed by atoms with Crippen molar-refractivity contribution in [3.05, 3.63) is 22.7 Å². The van der Waals surface area contributed by atoms with E-state index in [1.165, 1.54) is 4.31 Å². The molecule has 0 amide bonds. The standard InChI is InChI=1S/C14H21BrN2O3S/c1-4-20-13-6-5-12(15)7-14(13)21(18,19)17-8-10(2)16-11(3)9-17/h5-7,10-11,16H,4,8-9H2,1-3H3. The third-order valence-corrected chi connectivity index (χ3v) is 5.69. The maximum atomic E-state index is 12.9. The van der Waals surface area contributed by atoms with E-state index in [1.54, 1.807) is 18.2 Å². The molecule has 0 aliphatic carbocycles. The minimum absolute atomic E-state index is 0.131. The number of hydrogen-bond acceptors (Lipinski definition) is 4. The Hall–Kier alpha value is -0.630. The van der Waals surface area contributed by atoms with Crippen molar-refractivity contribution in [1.29, 1.82) is 0 Å². The lowest BCUT2D eigenvalue weighted by Crippen LogP contribution is -2.55. The van der Waals surface area contributed by atoms with Gasteiger partial charge in [0.05, 0.1) is 6.61 Å². The summed E-state index contributed by atoms with van der Waals surface area (Å²) in [4.78, 5) is 0.222. The smallest absolute Gasteiger partial charge is 0.246 e. The van der Waals surface area contributed by atoms with Crippen molar-refractivity contribution in [2.24, 2.45) is 0 Å². The third kappa shape index (κ3) is 3.77. The van der Waals surface area contributed by atoms with Crippen LogP contribution in [0.5, 0.6) is 5.75 Å². The van der Waals surface area contributed by atoms with Crippen LogP contribution >= 0.6 is 15.9 Å². The van der Waals surface area contributed by atoms with Gasteiger partial charge in [-0.2, -0.15) is 4.31 Å². The highest BCUT2D eigenvalue weighted by Crippen LogP contribution is 2.30. The Labute approximate surface area is 134 Å². The molecule has 1 aromatic rings. The van der Waals surface area contributed by atoms with Crippen molar-refractivity contribution >= 4 is 26.0 Å². The van der Waals surface area contributed by atoms with E-state index in [9.17, 15) is 8.42 Å². The van der Waals surface area contributed by atoms with Crippen LogP contribution in [-0.2, 0) is 10.0 Å². The zero-order valence-electron chi connectivity index (χ0n) is 12.5. The predicted octanol–water partition coefficient (Wildman–Crippen LogP) is 2.22. The molecule has 2 atom stereocenters. The molecule has 7 heteroatoms. The minimum Gasteiger partial charge on any atom is -0.492 e. The van der Waals surface area contributed by atoms with Crippen molar-refractivity contribution in [2.75, 3.05) is 19.7 Å². The van der Waals surface area contributed by atoms with Crippen molar-refractivity contribution in [3.63, 3.8) is 0 Å². The average molecular weight is 377 g/mol. The largest absolute Gasteiger partial charge is 0.492 e. The molecule has 0 aromatic heterocycles. The number of nitrogens with zero attached hydrogens (tertiary/aromatic N) is 1. The molecule has 0 spiro atoms. The van der Waals surface area contributed by atoms with Gasteiger partial charge in [-0.1, -0.05) is 15.9 Å². The Morgan fingerprint density at radius 1 is 1.33 bits per heavy atom. The second kappa shape index (κ2) is 6.64. The number of benzene rings is 1. The molecule has 21 heavy (non-hydrogen) atoms. The Morgan fingerprint density at radius 3 is 2.52 bits per heavy atom. The Morgan fingerprint density at radius 2 is 1.95 bits per heavy atom. The zero-order chi connectivity index (χ0) is 15.6. The van der Waals surface area contributed by atoms with Crippen LogP contribution in [0.15, 0.2) is 27.6 Å². The first-order chi connectivity index (χ1) is 9.84. The first kappa shape index (κ1) is 16.7. The van der Waals surface area contributed by atoms with Crippen molar-refractivity contribution < 1.29 is 13.2 Å². The lowest BCUT2D eigenvalue weighted by molar-refractivity contribution is 0.261. The fourth-order valence-corrected chi connectivity index (χ4v) is 4.86. The van der Waals surface area contributed by atoms with Crippen LogP contribution in [0.2, 0.25) is 0 Å². The van der Waals surface area contributed by atoms with Crippen LogP contribution < -0.4 is 10.1 Å². The lowest BCUT2D eigenvalue weighted by atomic mass is 10.2. The highest BCUT2D eigenvalue weighted by Gasteiger charge is 2.33. The van der Waals surface area contributed by atoms with Crippen LogP contribution in [0.4, 0.5) is 0 Å². The summed E-state index contributed by atoms with van der Waals surface area (Å²) in [5.74, 6) is 0.402. The maximum absolute atomic E-state index is 12.9. The molecule has 1 N–H and O–H groups in total. The highest BCUT2D eigenvalue weighted by atomic mass is 79.9. The first-order valence-electron chi connectivity index (χ1n) is 7.03. The normalized spacial score (nSPS) is 24.0. The number of piperazine rings is 1. The van der Waals surface area contributed by atoms with Crippen LogP contribution in [0.3, 0.4) is 0 Å². The molecule has 5 nitrogen and oxygen atoms in total. The van der Waals surface area contributed by atoms with Gasteiger partial charge >= 0.3 is 0 Å². The van der Waals surface area contributed by atoms with Gasteiger partial charge in [0.1, 0.15) is 10.6 Å². The van der Waals surface area contributed by atoms with Gasteiger partial charge in [-0.05, 0) is 39.0 Å². The van der Waals surface area contributed by atoms with Gasteiger partial charge < -0.3 is 10.1 Å². The summed E-state index contributed by atoms with van der Waals surface area (Å²) in [6.45, 7) is 7.17. The minimum atomic E-state index is -3.56. The lowest BCUT2D eigenvalue weighted by Gasteiger charge is -2.35. The average Bonchev–Trinajstić information content (AvgIpc) is 2.40. The predicted molar refractivity (Wildman–Crippen MR) is 86.1 cm³/mol. The topological polar surface area (TPSA) is 58.6 Å². The molecule has 0 bridgehead atoms. The molecule has 1 saturated heterocycles. The van der Waals surface area contributed by atoms with Gasteiger partial charge in [-0.25, -0.2) is 8.42 Å². The van der Waals surface area contributed by atoms with Crippen LogP contribution in [0.1, 0.15) is 20.8 Å². The highest BCUT2D eigenvalue weighted by molar-refractivity contribution is 9.10.